The number of halogens is 1. The van der Waals surface area contributed by atoms with Crippen molar-refractivity contribution in [2.45, 2.75) is 32.1 Å². The molecule has 1 N–H and O–H groups in total. The summed E-state index contributed by atoms with van der Waals surface area (Å²) in [6.07, 6.45) is 4.45. The average molecular weight is 433 g/mol. The lowest BCUT2D eigenvalue weighted by atomic mass is 10.1. The molecule has 1 aliphatic carbocycles. The van der Waals surface area contributed by atoms with Crippen LogP contribution in [-0.4, -0.2) is 47.9 Å². The van der Waals surface area contributed by atoms with Crippen molar-refractivity contribution in [1.82, 2.24) is 9.88 Å². The van der Waals surface area contributed by atoms with Crippen molar-refractivity contribution < 1.29 is 9.59 Å². The predicted octanol–water partition coefficient (Wildman–Crippen LogP) is 3.82. The number of nitrogens with one attached hydrogen (secondary N) is 1. The predicted molar refractivity (Wildman–Crippen MR) is 117 cm³/mol. The Labute approximate surface area is 179 Å². The number of aromatic nitrogens is 1. The Morgan fingerprint density at radius 1 is 1.10 bits per heavy atom. The van der Waals surface area contributed by atoms with E-state index < -0.39 is 0 Å². The van der Waals surface area contributed by atoms with E-state index >= 15 is 0 Å². The lowest BCUT2D eigenvalue weighted by molar-refractivity contribution is -0.130. The van der Waals surface area contributed by atoms with Gasteiger partial charge in [-0.05, 0) is 37.1 Å². The number of anilines is 2. The molecule has 0 spiro atoms. The monoisotopic (exact) mass is 432 g/mol. The van der Waals surface area contributed by atoms with E-state index in [4.69, 9.17) is 11.6 Å². The molecule has 4 rings (SSSR count). The second-order valence-corrected chi connectivity index (χ2v) is 8.93. The minimum atomic E-state index is 0.0630. The Balaban J connectivity index is 1.26. The van der Waals surface area contributed by atoms with Crippen LogP contribution in [0.1, 0.15) is 31.4 Å². The fourth-order valence-corrected chi connectivity index (χ4v) is 4.81. The molecule has 2 aromatic rings. The maximum atomic E-state index is 12.7. The van der Waals surface area contributed by atoms with Gasteiger partial charge in [0.25, 0.3) is 0 Å². The largest absolute Gasteiger partial charge is 0.368 e. The van der Waals surface area contributed by atoms with Crippen molar-refractivity contribution in [3.8, 4) is 0 Å². The first kappa shape index (κ1) is 20.2. The van der Waals surface area contributed by atoms with Crippen LogP contribution in [0.2, 0.25) is 5.02 Å². The van der Waals surface area contributed by atoms with Gasteiger partial charge in [0, 0.05) is 48.2 Å². The topological polar surface area (TPSA) is 65.5 Å². The summed E-state index contributed by atoms with van der Waals surface area (Å²) in [5.74, 6) is 0.258. The number of carbonyl (C=O) groups is 2. The van der Waals surface area contributed by atoms with Gasteiger partial charge in [-0.3, -0.25) is 9.59 Å². The zero-order chi connectivity index (χ0) is 20.2. The Bertz CT molecular complexity index is 856. The molecule has 0 bridgehead atoms. The molecule has 1 aromatic carbocycles. The summed E-state index contributed by atoms with van der Waals surface area (Å²) >= 11 is 7.35. The second kappa shape index (κ2) is 9.13. The number of nitrogens with zero attached hydrogens (tertiary/aromatic N) is 3. The fraction of sp³-hybridized carbons (Fsp3) is 0.476. The molecular weight excluding hydrogens is 408 g/mol. The summed E-state index contributed by atoms with van der Waals surface area (Å²) in [6, 6.07) is 7.80. The molecule has 0 radical (unpaired) electrons. The van der Waals surface area contributed by atoms with Gasteiger partial charge in [0.05, 0.1) is 12.1 Å². The number of hydrogen-bond donors (Lipinski definition) is 1. The summed E-state index contributed by atoms with van der Waals surface area (Å²) < 4.78 is 0. The highest BCUT2D eigenvalue weighted by atomic mass is 35.5. The van der Waals surface area contributed by atoms with E-state index in [0.29, 0.717) is 18.2 Å². The van der Waals surface area contributed by atoms with Gasteiger partial charge >= 0.3 is 0 Å². The van der Waals surface area contributed by atoms with E-state index in [9.17, 15) is 9.59 Å². The van der Waals surface area contributed by atoms with Gasteiger partial charge in [-0.25, -0.2) is 4.98 Å². The normalized spacial score (nSPS) is 17.6. The van der Waals surface area contributed by atoms with Crippen molar-refractivity contribution in [2.75, 3.05) is 36.4 Å². The molecule has 29 heavy (non-hydrogen) atoms. The Morgan fingerprint density at radius 3 is 2.48 bits per heavy atom. The Kier molecular flexibility index (Phi) is 6.35. The van der Waals surface area contributed by atoms with Gasteiger partial charge in [-0.1, -0.05) is 24.4 Å². The molecule has 0 unspecified atom stereocenters. The van der Waals surface area contributed by atoms with E-state index in [-0.39, 0.29) is 24.2 Å². The summed E-state index contributed by atoms with van der Waals surface area (Å²) in [7, 11) is 0. The molecule has 2 heterocycles. The Morgan fingerprint density at radius 2 is 1.79 bits per heavy atom. The smallest absolute Gasteiger partial charge is 0.229 e. The lowest BCUT2D eigenvalue weighted by Crippen LogP contribution is -2.49. The molecule has 1 aliphatic heterocycles. The maximum absolute atomic E-state index is 12.7. The van der Waals surface area contributed by atoms with E-state index in [1.807, 2.05) is 34.5 Å². The number of hydrogen-bond acceptors (Lipinski definition) is 5. The van der Waals surface area contributed by atoms with Gasteiger partial charge < -0.3 is 15.1 Å². The van der Waals surface area contributed by atoms with E-state index in [2.05, 4.69) is 15.2 Å². The van der Waals surface area contributed by atoms with Crippen LogP contribution >= 0.6 is 22.9 Å². The summed E-state index contributed by atoms with van der Waals surface area (Å²) in [5, 5.41) is 6.10. The van der Waals surface area contributed by atoms with Crippen LogP contribution in [0.25, 0.3) is 0 Å². The SMILES string of the molecule is O=C(Nc1nc(CC(=O)N2CCN(c3ccc(Cl)cc3)CC2)cs1)C1CCCC1. The minimum Gasteiger partial charge on any atom is -0.368 e. The van der Waals surface area contributed by atoms with Crippen LogP contribution in [0.3, 0.4) is 0 Å². The molecule has 0 atom stereocenters. The molecular formula is C21H25ClN4O2S. The van der Waals surface area contributed by atoms with Crippen LogP contribution < -0.4 is 10.2 Å². The third-order valence-electron chi connectivity index (χ3n) is 5.66. The van der Waals surface area contributed by atoms with Crippen LogP contribution in [0, 0.1) is 5.92 Å². The third-order valence-corrected chi connectivity index (χ3v) is 6.72. The van der Waals surface area contributed by atoms with Crippen molar-refractivity contribution in [2.24, 2.45) is 5.92 Å². The van der Waals surface area contributed by atoms with Gasteiger partial charge in [-0.2, -0.15) is 0 Å². The van der Waals surface area contributed by atoms with Crippen LogP contribution in [0.4, 0.5) is 10.8 Å². The zero-order valence-electron chi connectivity index (χ0n) is 16.3. The molecule has 8 heteroatoms. The third kappa shape index (κ3) is 5.08. The molecule has 1 saturated heterocycles. The first-order valence-corrected chi connectivity index (χ1v) is 11.4. The molecule has 1 saturated carbocycles. The highest BCUT2D eigenvalue weighted by Gasteiger charge is 2.24. The summed E-state index contributed by atoms with van der Waals surface area (Å²) in [6.45, 7) is 2.98. The number of rotatable bonds is 5. The van der Waals surface area contributed by atoms with Gasteiger partial charge in [0.1, 0.15) is 0 Å². The van der Waals surface area contributed by atoms with Crippen LogP contribution in [-0.2, 0) is 16.0 Å². The molecule has 1 aromatic heterocycles. The number of carbonyl (C=O) groups excluding carboxylic acids is 2. The quantitative estimate of drug-likeness (QED) is 0.780. The molecule has 154 valence electrons. The van der Waals surface area contributed by atoms with E-state index in [0.717, 1.165) is 55.2 Å². The standard InChI is InChI=1S/C21H25ClN4O2S/c22-16-5-7-18(8-6-16)25-9-11-26(12-10-25)19(27)13-17-14-29-21(23-17)24-20(28)15-3-1-2-4-15/h5-8,14-15H,1-4,9-13H2,(H,23,24,28). The number of piperazine rings is 1. The minimum absolute atomic E-state index is 0.0630. The molecule has 2 fully saturated rings. The van der Waals surface area contributed by atoms with Crippen LogP contribution in [0.5, 0.6) is 0 Å². The lowest BCUT2D eigenvalue weighted by Gasteiger charge is -2.36. The summed E-state index contributed by atoms with van der Waals surface area (Å²) in [4.78, 5) is 33.5. The average Bonchev–Trinajstić information content (AvgIpc) is 3.41. The molecule has 6 nitrogen and oxygen atoms in total. The van der Waals surface area contributed by atoms with E-state index in [1.165, 1.54) is 11.3 Å². The maximum Gasteiger partial charge on any atom is 0.229 e. The van der Waals surface area contributed by atoms with Gasteiger partial charge in [0.15, 0.2) is 5.13 Å². The Hall–Kier alpha value is -2.12. The zero-order valence-corrected chi connectivity index (χ0v) is 17.8. The molecule has 2 amide bonds. The number of amides is 2. The first-order valence-electron chi connectivity index (χ1n) is 10.1. The fourth-order valence-electron chi connectivity index (χ4n) is 3.97. The summed E-state index contributed by atoms with van der Waals surface area (Å²) in [5.41, 5.74) is 1.85. The highest BCUT2D eigenvalue weighted by molar-refractivity contribution is 7.13. The van der Waals surface area contributed by atoms with Crippen molar-refractivity contribution in [1.29, 1.82) is 0 Å². The number of thiazole rings is 1. The van der Waals surface area contributed by atoms with Crippen LogP contribution in [0.15, 0.2) is 29.6 Å². The first-order chi connectivity index (χ1) is 14.1. The molecule has 2 aliphatic rings. The van der Waals surface area contributed by atoms with Gasteiger partial charge in [0.2, 0.25) is 11.8 Å². The highest BCUT2D eigenvalue weighted by Crippen LogP contribution is 2.27. The number of benzene rings is 1. The van der Waals surface area contributed by atoms with Crippen molar-refractivity contribution >= 4 is 45.6 Å². The van der Waals surface area contributed by atoms with Crippen molar-refractivity contribution in [3.63, 3.8) is 0 Å². The van der Waals surface area contributed by atoms with Crippen molar-refractivity contribution in [3.05, 3.63) is 40.4 Å². The van der Waals surface area contributed by atoms with Gasteiger partial charge in [-0.15, -0.1) is 11.3 Å². The van der Waals surface area contributed by atoms with E-state index in [1.54, 1.807) is 0 Å². The second-order valence-electron chi connectivity index (χ2n) is 7.64.